The molecule has 1 aromatic heterocycles. The molecule has 2 nitrogen and oxygen atoms in total. The number of benzene rings is 3. The Kier molecular flexibility index (Phi) is 3.56. The van der Waals surface area contributed by atoms with Gasteiger partial charge in [-0.15, -0.1) is 0 Å². The Balaban J connectivity index is 1.82. The summed E-state index contributed by atoms with van der Waals surface area (Å²) in [6, 6.07) is 21.7. The van der Waals surface area contributed by atoms with Crippen LogP contribution in [0.3, 0.4) is 0 Å². The van der Waals surface area contributed by atoms with E-state index in [-0.39, 0.29) is 0 Å². The van der Waals surface area contributed by atoms with Crippen molar-refractivity contribution in [2.75, 3.05) is 5.32 Å². The van der Waals surface area contributed by atoms with Crippen molar-refractivity contribution in [2.24, 2.45) is 0 Å². The normalized spacial score (nSPS) is 11.0. The zero-order valence-electron chi connectivity index (χ0n) is 12.1. The molecule has 0 saturated carbocycles. The summed E-state index contributed by atoms with van der Waals surface area (Å²) in [7, 11) is 0. The summed E-state index contributed by atoms with van der Waals surface area (Å²) in [5, 5.41) is 7.81. The van der Waals surface area contributed by atoms with Crippen LogP contribution in [-0.4, -0.2) is 4.98 Å². The molecule has 0 atom stereocenters. The molecule has 4 aromatic rings. The molecule has 0 aliphatic heterocycles. The van der Waals surface area contributed by atoms with E-state index in [0.717, 1.165) is 22.0 Å². The Hall–Kier alpha value is -2.29. The molecule has 0 amide bonds. The summed E-state index contributed by atoms with van der Waals surface area (Å²) in [5.74, 6) is 0.709. The van der Waals surface area contributed by atoms with E-state index in [2.05, 4.69) is 28.5 Å². The first-order valence-corrected chi connectivity index (χ1v) is 7.97. The number of rotatable bonds is 2. The molecule has 1 N–H and O–H groups in total. The first kappa shape index (κ1) is 14.3. The van der Waals surface area contributed by atoms with Crippen molar-refractivity contribution in [3.05, 3.63) is 76.8 Å². The van der Waals surface area contributed by atoms with Gasteiger partial charge in [-0.3, -0.25) is 0 Å². The zero-order chi connectivity index (χ0) is 15.8. The number of aromatic nitrogens is 1. The van der Waals surface area contributed by atoms with E-state index in [9.17, 15) is 0 Å². The highest BCUT2D eigenvalue weighted by molar-refractivity contribution is 6.37. The van der Waals surface area contributed by atoms with Gasteiger partial charge in [0.2, 0.25) is 0 Å². The van der Waals surface area contributed by atoms with E-state index < -0.39 is 0 Å². The van der Waals surface area contributed by atoms with E-state index in [1.54, 1.807) is 0 Å². The fourth-order valence-electron chi connectivity index (χ4n) is 2.69. The molecule has 23 heavy (non-hydrogen) atoms. The fourth-order valence-corrected chi connectivity index (χ4v) is 3.12. The van der Waals surface area contributed by atoms with Gasteiger partial charge in [0.15, 0.2) is 0 Å². The smallest absolute Gasteiger partial charge is 0.132 e. The highest BCUT2D eigenvalue weighted by atomic mass is 35.5. The molecule has 4 heteroatoms. The van der Waals surface area contributed by atoms with Gasteiger partial charge in [-0.25, -0.2) is 4.98 Å². The Bertz CT molecular complexity index is 1020. The molecule has 4 rings (SSSR count). The summed E-state index contributed by atoms with van der Waals surface area (Å²) in [5.41, 5.74) is 1.81. The Morgan fingerprint density at radius 2 is 1.61 bits per heavy atom. The minimum absolute atomic E-state index is 0.625. The van der Waals surface area contributed by atoms with E-state index in [1.807, 2.05) is 48.5 Å². The molecule has 0 radical (unpaired) electrons. The molecule has 0 fully saturated rings. The van der Waals surface area contributed by atoms with Crippen molar-refractivity contribution in [3.63, 3.8) is 0 Å². The number of hydrogen-bond acceptors (Lipinski definition) is 2. The van der Waals surface area contributed by atoms with E-state index in [0.29, 0.717) is 15.9 Å². The van der Waals surface area contributed by atoms with Gasteiger partial charge in [0.05, 0.1) is 10.5 Å². The van der Waals surface area contributed by atoms with E-state index in [1.165, 1.54) is 5.39 Å². The van der Waals surface area contributed by atoms with Gasteiger partial charge in [-0.05, 0) is 29.7 Å². The zero-order valence-corrected chi connectivity index (χ0v) is 13.6. The molecule has 0 bridgehead atoms. The SMILES string of the molecule is Clc1ccc2nc(Nc3cccc4ccccc34)cc(Cl)c2c1. The number of halogens is 2. The second kappa shape index (κ2) is 5.73. The van der Waals surface area contributed by atoms with Crippen molar-refractivity contribution < 1.29 is 0 Å². The van der Waals surface area contributed by atoms with Crippen LogP contribution in [0.1, 0.15) is 0 Å². The van der Waals surface area contributed by atoms with Gasteiger partial charge >= 0.3 is 0 Å². The van der Waals surface area contributed by atoms with Crippen LogP contribution in [0.4, 0.5) is 11.5 Å². The maximum absolute atomic E-state index is 6.38. The number of anilines is 2. The first-order valence-electron chi connectivity index (χ1n) is 7.21. The van der Waals surface area contributed by atoms with Crippen LogP contribution >= 0.6 is 23.2 Å². The first-order chi connectivity index (χ1) is 11.2. The summed E-state index contributed by atoms with van der Waals surface area (Å²) in [6.45, 7) is 0. The van der Waals surface area contributed by atoms with Crippen molar-refractivity contribution in [2.45, 2.75) is 0 Å². The second-order valence-corrected chi connectivity index (χ2v) is 6.15. The third-order valence-corrected chi connectivity index (χ3v) is 4.32. The lowest BCUT2D eigenvalue weighted by Crippen LogP contribution is -1.95. The van der Waals surface area contributed by atoms with Gasteiger partial charge in [0.1, 0.15) is 5.82 Å². The Morgan fingerprint density at radius 3 is 2.52 bits per heavy atom. The lowest BCUT2D eigenvalue weighted by atomic mass is 10.1. The van der Waals surface area contributed by atoms with Gasteiger partial charge in [-0.2, -0.15) is 0 Å². The van der Waals surface area contributed by atoms with E-state index >= 15 is 0 Å². The average molecular weight is 339 g/mol. The van der Waals surface area contributed by atoms with Crippen LogP contribution in [0.15, 0.2) is 66.7 Å². The molecule has 0 aliphatic rings. The quantitative estimate of drug-likeness (QED) is 0.455. The van der Waals surface area contributed by atoms with Crippen LogP contribution in [0.2, 0.25) is 10.0 Å². The fraction of sp³-hybridized carbons (Fsp3) is 0. The predicted octanol–water partition coefficient (Wildman–Crippen LogP) is 6.44. The van der Waals surface area contributed by atoms with Crippen molar-refractivity contribution in [1.82, 2.24) is 4.98 Å². The van der Waals surface area contributed by atoms with Crippen molar-refractivity contribution >= 4 is 56.4 Å². The molecule has 0 saturated heterocycles. The minimum Gasteiger partial charge on any atom is -0.340 e. The summed E-state index contributed by atoms with van der Waals surface area (Å²) < 4.78 is 0. The van der Waals surface area contributed by atoms with Gasteiger partial charge in [0, 0.05) is 27.5 Å². The Labute approximate surface area is 143 Å². The van der Waals surface area contributed by atoms with Crippen molar-refractivity contribution in [3.8, 4) is 0 Å². The number of fused-ring (bicyclic) bond motifs is 2. The van der Waals surface area contributed by atoms with E-state index in [4.69, 9.17) is 23.2 Å². The predicted molar refractivity (Wildman–Crippen MR) is 99.0 cm³/mol. The monoisotopic (exact) mass is 338 g/mol. The third-order valence-electron chi connectivity index (χ3n) is 3.77. The number of nitrogens with one attached hydrogen (secondary N) is 1. The molecule has 3 aromatic carbocycles. The lowest BCUT2D eigenvalue weighted by molar-refractivity contribution is 1.38. The highest BCUT2D eigenvalue weighted by Crippen LogP contribution is 2.30. The van der Waals surface area contributed by atoms with Crippen molar-refractivity contribution in [1.29, 1.82) is 0 Å². The molecule has 0 unspecified atom stereocenters. The summed E-state index contributed by atoms with van der Waals surface area (Å²) in [6.07, 6.45) is 0. The molecular formula is C19H12Cl2N2. The van der Waals surface area contributed by atoms with Gasteiger partial charge in [-0.1, -0.05) is 59.6 Å². The maximum atomic E-state index is 6.38. The van der Waals surface area contributed by atoms with Gasteiger partial charge in [0.25, 0.3) is 0 Å². The number of nitrogens with zero attached hydrogens (tertiary/aromatic N) is 1. The Morgan fingerprint density at radius 1 is 0.783 bits per heavy atom. The van der Waals surface area contributed by atoms with Crippen LogP contribution in [0.25, 0.3) is 21.7 Å². The van der Waals surface area contributed by atoms with Crippen LogP contribution in [0, 0.1) is 0 Å². The standard InChI is InChI=1S/C19H12Cl2N2/c20-13-8-9-18-15(10-13)16(21)11-19(23-18)22-17-7-3-5-12-4-1-2-6-14(12)17/h1-11H,(H,22,23). The van der Waals surface area contributed by atoms with Crippen LogP contribution in [0.5, 0.6) is 0 Å². The number of hydrogen-bond donors (Lipinski definition) is 1. The summed E-state index contributed by atoms with van der Waals surface area (Å²) >= 11 is 12.4. The molecule has 0 spiro atoms. The third kappa shape index (κ3) is 2.72. The van der Waals surface area contributed by atoms with Crippen LogP contribution < -0.4 is 5.32 Å². The summed E-state index contributed by atoms with van der Waals surface area (Å²) in [4.78, 5) is 4.63. The highest BCUT2D eigenvalue weighted by Gasteiger charge is 2.07. The number of pyridine rings is 1. The second-order valence-electron chi connectivity index (χ2n) is 5.30. The average Bonchev–Trinajstić information content (AvgIpc) is 2.56. The van der Waals surface area contributed by atoms with Gasteiger partial charge < -0.3 is 5.32 Å². The molecular weight excluding hydrogens is 327 g/mol. The van der Waals surface area contributed by atoms with Crippen LogP contribution in [-0.2, 0) is 0 Å². The molecule has 0 aliphatic carbocycles. The lowest BCUT2D eigenvalue weighted by Gasteiger charge is -2.11. The molecule has 112 valence electrons. The largest absolute Gasteiger partial charge is 0.340 e. The molecule has 1 heterocycles. The minimum atomic E-state index is 0.625. The topological polar surface area (TPSA) is 24.9 Å². The maximum Gasteiger partial charge on any atom is 0.132 e.